The number of sulfonamides is 1. The largest absolute Gasteiger partial charge is 0.243 e. The predicted molar refractivity (Wildman–Crippen MR) is 84.3 cm³/mol. The van der Waals surface area contributed by atoms with Gasteiger partial charge in [-0.05, 0) is 18.9 Å². The molecule has 1 aromatic heterocycles. The molecule has 1 heterocycles. The van der Waals surface area contributed by atoms with Crippen molar-refractivity contribution in [1.29, 1.82) is 0 Å². The van der Waals surface area contributed by atoms with Crippen LogP contribution in [0.25, 0.3) is 0 Å². The summed E-state index contributed by atoms with van der Waals surface area (Å²) in [5.41, 5.74) is -0.408. The first-order valence-corrected chi connectivity index (χ1v) is 10.1. The van der Waals surface area contributed by atoms with Gasteiger partial charge in [0, 0.05) is 10.9 Å². The van der Waals surface area contributed by atoms with Crippen molar-refractivity contribution >= 4 is 60.5 Å². The Morgan fingerprint density at radius 3 is 2.42 bits per heavy atom. The summed E-state index contributed by atoms with van der Waals surface area (Å²) in [4.78, 5) is 0.0788. The third-order valence-corrected chi connectivity index (χ3v) is 7.74. The third kappa shape index (κ3) is 3.66. The van der Waals surface area contributed by atoms with E-state index < -0.39 is 15.6 Å². The monoisotopic (exact) mass is 405 g/mol. The summed E-state index contributed by atoms with van der Waals surface area (Å²) in [7, 11) is -3.63. The summed E-state index contributed by atoms with van der Waals surface area (Å²) in [6.07, 6.45) is 4.90. The molecule has 0 unspecified atom stereocenters. The van der Waals surface area contributed by atoms with E-state index in [1.807, 2.05) is 0 Å². The van der Waals surface area contributed by atoms with Crippen LogP contribution in [0.2, 0.25) is 8.67 Å². The minimum atomic E-state index is -3.63. The van der Waals surface area contributed by atoms with Crippen LogP contribution in [0.15, 0.2) is 11.0 Å². The van der Waals surface area contributed by atoms with Crippen LogP contribution >= 0.6 is 50.5 Å². The Morgan fingerprint density at radius 1 is 1.32 bits per heavy atom. The predicted octanol–water partition coefficient (Wildman–Crippen LogP) is 4.43. The summed E-state index contributed by atoms with van der Waals surface area (Å²) < 4.78 is 28.3. The van der Waals surface area contributed by atoms with Crippen LogP contribution < -0.4 is 4.72 Å². The van der Waals surface area contributed by atoms with Crippen LogP contribution in [0.3, 0.4) is 0 Å². The van der Waals surface area contributed by atoms with Crippen molar-refractivity contribution in [2.45, 2.75) is 42.5 Å². The molecule has 0 radical (unpaired) electrons. The molecular weight excluding hydrogens is 393 g/mol. The maximum absolute atomic E-state index is 12.4. The number of hydrogen-bond donors (Lipinski definition) is 1. The minimum absolute atomic E-state index is 0.0788. The Hall–Kier alpha value is 0.670. The number of thiophene rings is 1. The molecule has 0 atom stereocenters. The second-order valence-corrected chi connectivity index (χ2v) is 9.27. The van der Waals surface area contributed by atoms with Crippen LogP contribution in [0.4, 0.5) is 0 Å². The lowest BCUT2D eigenvalue weighted by atomic mass is 9.84. The number of halogens is 3. The summed E-state index contributed by atoms with van der Waals surface area (Å²) in [5.74, 6) is 0. The summed E-state index contributed by atoms with van der Waals surface area (Å²) in [5, 5.41) is 0.606. The summed E-state index contributed by atoms with van der Waals surface area (Å²) in [6, 6.07) is 1.40. The van der Waals surface area contributed by atoms with E-state index in [0.717, 1.165) is 43.4 Å². The van der Waals surface area contributed by atoms with Gasteiger partial charge >= 0.3 is 0 Å². The second-order valence-electron chi connectivity index (χ2n) is 4.77. The molecule has 8 heteroatoms. The number of hydrogen-bond acceptors (Lipinski definition) is 3. The van der Waals surface area contributed by atoms with Gasteiger partial charge in [-0.1, -0.05) is 58.4 Å². The van der Waals surface area contributed by atoms with E-state index in [4.69, 9.17) is 23.2 Å². The van der Waals surface area contributed by atoms with Gasteiger partial charge in [0.1, 0.15) is 9.23 Å². The molecule has 1 N–H and O–H groups in total. The van der Waals surface area contributed by atoms with Crippen molar-refractivity contribution in [3.8, 4) is 0 Å². The second kappa shape index (κ2) is 6.20. The van der Waals surface area contributed by atoms with E-state index in [9.17, 15) is 8.42 Å². The van der Waals surface area contributed by atoms with Gasteiger partial charge in [0.05, 0.1) is 4.34 Å². The maximum atomic E-state index is 12.4. The average Bonchev–Trinajstić information content (AvgIpc) is 2.70. The standard InChI is InChI=1S/C11H14BrCl2NO2S2/c12-7-11(4-2-1-3-5-11)15-19(16,17)8-6-9(13)18-10(8)14/h6,15H,1-5,7H2. The van der Waals surface area contributed by atoms with E-state index in [1.165, 1.54) is 6.07 Å². The van der Waals surface area contributed by atoms with Gasteiger partial charge in [0.15, 0.2) is 0 Å². The molecule has 1 aliphatic rings. The van der Waals surface area contributed by atoms with Gasteiger partial charge in [-0.25, -0.2) is 13.1 Å². The van der Waals surface area contributed by atoms with Crippen molar-refractivity contribution in [2.24, 2.45) is 0 Å². The average molecular weight is 407 g/mol. The maximum Gasteiger partial charge on any atom is 0.243 e. The van der Waals surface area contributed by atoms with Crippen molar-refractivity contribution in [1.82, 2.24) is 4.72 Å². The van der Waals surface area contributed by atoms with Gasteiger partial charge in [-0.2, -0.15) is 0 Å². The van der Waals surface area contributed by atoms with Crippen molar-refractivity contribution in [3.05, 3.63) is 14.7 Å². The molecule has 0 aliphatic heterocycles. The third-order valence-electron chi connectivity index (χ3n) is 3.33. The molecule has 0 saturated heterocycles. The number of alkyl halides is 1. The highest BCUT2D eigenvalue weighted by Crippen LogP contribution is 2.36. The molecule has 1 fully saturated rings. The topological polar surface area (TPSA) is 46.2 Å². The first-order valence-electron chi connectivity index (χ1n) is 5.93. The highest BCUT2D eigenvalue weighted by Gasteiger charge is 2.36. The van der Waals surface area contributed by atoms with Gasteiger partial charge in [0.25, 0.3) is 0 Å². The van der Waals surface area contributed by atoms with Crippen LogP contribution in [0, 0.1) is 0 Å². The lowest BCUT2D eigenvalue weighted by molar-refractivity contribution is 0.301. The smallest absolute Gasteiger partial charge is 0.207 e. The molecule has 1 aromatic rings. The lowest BCUT2D eigenvalue weighted by Crippen LogP contribution is -2.51. The first-order chi connectivity index (χ1) is 8.88. The lowest BCUT2D eigenvalue weighted by Gasteiger charge is -2.36. The normalized spacial score (nSPS) is 19.5. The highest BCUT2D eigenvalue weighted by molar-refractivity contribution is 9.09. The fraction of sp³-hybridized carbons (Fsp3) is 0.636. The van der Waals surface area contributed by atoms with Gasteiger partial charge < -0.3 is 0 Å². The zero-order valence-electron chi connectivity index (χ0n) is 10.1. The fourth-order valence-corrected chi connectivity index (χ4v) is 6.84. The van der Waals surface area contributed by atoms with Crippen molar-refractivity contribution in [3.63, 3.8) is 0 Å². The van der Waals surface area contributed by atoms with Gasteiger partial charge in [-0.15, -0.1) is 11.3 Å². The van der Waals surface area contributed by atoms with E-state index in [-0.39, 0.29) is 9.23 Å². The van der Waals surface area contributed by atoms with Gasteiger partial charge in [0.2, 0.25) is 10.0 Å². The molecule has 0 bridgehead atoms. The first kappa shape index (κ1) is 16.0. The molecule has 0 spiro atoms. The SMILES string of the molecule is O=S(=O)(NC1(CBr)CCCCC1)c1cc(Cl)sc1Cl. The Morgan fingerprint density at radius 2 is 1.95 bits per heavy atom. The van der Waals surface area contributed by atoms with E-state index in [1.54, 1.807) is 0 Å². The minimum Gasteiger partial charge on any atom is -0.207 e. The Bertz CT molecular complexity index is 553. The molecule has 1 saturated carbocycles. The van der Waals surface area contributed by atoms with Crippen LogP contribution in [0.1, 0.15) is 32.1 Å². The molecular formula is C11H14BrCl2NO2S2. The zero-order chi connectivity index (χ0) is 14.1. The van der Waals surface area contributed by atoms with Crippen LogP contribution in [-0.4, -0.2) is 19.3 Å². The molecule has 19 heavy (non-hydrogen) atoms. The molecule has 2 rings (SSSR count). The molecule has 0 aromatic carbocycles. The molecule has 108 valence electrons. The fourth-order valence-electron chi connectivity index (χ4n) is 2.34. The van der Waals surface area contributed by atoms with Crippen molar-refractivity contribution < 1.29 is 8.42 Å². The molecule has 3 nitrogen and oxygen atoms in total. The van der Waals surface area contributed by atoms with Crippen LogP contribution in [0.5, 0.6) is 0 Å². The van der Waals surface area contributed by atoms with E-state index >= 15 is 0 Å². The quantitative estimate of drug-likeness (QED) is 0.751. The summed E-state index contributed by atoms with van der Waals surface area (Å²) in [6.45, 7) is 0. The number of nitrogens with one attached hydrogen (secondary N) is 1. The van der Waals surface area contributed by atoms with E-state index in [2.05, 4.69) is 20.7 Å². The zero-order valence-corrected chi connectivity index (χ0v) is 14.8. The van der Waals surface area contributed by atoms with Crippen molar-refractivity contribution in [2.75, 3.05) is 5.33 Å². The Kier molecular flexibility index (Phi) is 5.23. The van der Waals surface area contributed by atoms with E-state index in [0.29, 0.717) is 9.67 Å². The number of rotatable bonds is 4. The summed E-state index contributed by atoms with van der Waals surface area (Å²) >= 11 is 16.3. The molecule has 0 amide bonds. The highest BCUT2D eigenvalue weighted by atomic mass is 79.9. The Balaban J connectivity index is 2.27. The van der Waals surface area contributed by atoms with Crippen LogP contribution in [-0.2, 0) is 10.0 Å². The molecule has 1 aliphatic carbocycles. The van der Waals surface area contributed by atoms with Gasteiger partial charge in [-0.3, -0.25) is 0 Å². The Labute approximate surface area is 135 Å².